The molecule has 206 valence electrons. The quantitative estimate of drug-likeness (QED) is 0.107. The van der Waals surface area contributed by atoms with Gasteiger partial charge in [0, 0.05) is 7.14 Å². The van der Waals surface area contributed by atoms with Crippen molar-refractivity contribution in [3.63, 3.8) is 0 Å². The maximum atomic E-state index is 16.2. The Kier molecular flexibility index (Phi) is 8.13. The number of aromatic amines is 1. The van der Waals surface area contributed by atoms with Gasteiger partial charge in [0.15, 0.2) is 23.3 Å². The molecule has 1 heterocycles. The summed E-state index contributed by atoms with van der Waals surface area (Å²) in [6, 6.07) is 16.3. The molecule has 0 saturated heterocycles. The summed E-state index contributed by atoms with van der Waals surface area (Å²) in [7, 11) is 0. The molecule has 0 fully saturated rings. The molecule has 41 heavy (non-hydrogen) atoms. The zero-order chi connectivity index (χ0) is 29.4. The molecule has 0 saturated carbocycles. The lowest BCUT2D eigenvalue weighted by atomic mass is 10.1. The van der Waals surface area contributed by atoms with Crippen molar-refractivity contribution in [3.8, 4) is 17.5 Å². The van der Waals surface area contributed by atoms with Crippen molar-refractivity contribution in [2.24, 2.45) is 0 Å². The predicted molar refractivity (Wildman–Crippen MR) is 163 cm³/mol. The number of hydrazine groups is 1. The van der Waals surface area contributed by atoms with E-state index in [1.165, 1.54) is 16.1 Å². The molecule has 0 atom stereocenters. The second kappa shape index (κ2) is 11.6. The molecule has 0 radical (unpaired) electrons. The number of nitriles is 1. The van der Waals surface area contributed by atoms with Crippen LogP contribution >= 0.6 is 45.2 Å². The monoisotopic (exact) mass is 781 g/mol. The fourth-order valence-electron chi connectivity index (χ4n) is 4.41. The van der Waals surface area contributed by atoms with Crippen molar-refractivity contribution in [2.75, 3.05) is 10.0 Å². The van der Waals surface area contributed by atoms with Gasteiger partial charge in [-0.05, 0) is 136 Å². The Morgan fingerprint density at radius 1 is 0.756 bits per heavy atom. The van der Waals surface area contributed by atoms with Gasteiger partial charge in [-0.25, -0.2) is 27.6 Å². The number of rotatable bonds is 6. The number of H-pyrrole nitrogens is 1. The third kappa shape index (κ3) is 5.33. The van der Waals surface area contributed by atoms with Crippen LogP contribution in [0.15, 0.2) is 60.7 Å². The normalized spacial score (nSPS) is 10.9. The van der Waals surface area contributed by atoms with Gasteiger partial charge in [0.05, 0.1) is 22.5 Å². The second-order valence-electron chi connectivity index (χ2n) is 8.85. The maximum Gasteiger partial charge on any atom is 0.206 e. The van der Waals surface area contributed by atoms with Crippen LogP contribution in [0.1, 0.15) is 16.7 Å². The molecule has 4 aromatic carbocycles. The summed E-state index contributed by atoms with van der Waals surface area (Å²) in [5.74, 6) is -5.18. The molecule has 13 heteroatoms. The van der Waals surface area contributed by atoms with Crippen LogP contribution in [0.5, 0.6) is 0 Å². The topological polar surface area (TPSA) is 84.7 Å². The van der Waals surface area contributed by atoms with E-state index >= 15 is 13.2 Å². The summed E-state index contributed by atoms with van der Waals surface area (Å²) in [5, 5.41) is 26.2. The van der Waals surface area contributed by atoms with Crippen LogP contribution in [0, 0.1) is 55.6 Å². The summed E-state index contributed by atoms with van der Waals surface area (Å²) in [4.78, 5) is 0. The van der Waals surface area contributed by atoms with Crippen LogP contribution in [0.25, 0.3) is 11.4 Å². The van der Waals surface area contributed by atoms with E-state index in [1.54, 1.807) is 50.2 Å². The number of anilines is 4. The second-order valence-corrected chi connectivity index (χ2v) is 11.3. The molecule has 0 aliphatic rings. The number of hydrogen-bond acceptors (Lipinski definition) is 6. The third-order valence-corrected chi connectivity index (χ3v) is 7.58. The average molecular weight is 781 g/mol. The Hall–Kier alpha value is -3.78. The molecular weight excluding hydrogens is 764 g/mol. The predicted octanol–water partition coefficient (Wildman–Crippen LogP) is 8.01. The zero-order valence-corrected chi connectivity index (χ0v) is 25.5. The third-order valence-electron chi connectivity index (χ3n) is 6.24. The number of nitrogens with zero attached hydrogens (tertiary/aromatic N) is 6. The Morgan fingerprint density at radius 3 is 1.80 bits per heavy atom. The minimum Gasteiger partial charge on any atom is -0.245 e. The SMILES string of the molecule is Cc1cc(I)ccc1N(c1c(C#N)ccc(F)c1F)N(c1ccc(I)cc1C)c1c(-c2nn[nH]n2)ccc(F)c1F. The van der Waals surface area contributed by atoms with Crippen LogP contribution < -0.4 is 10.0 Å². The maximum absolute atomic E-state index is 16.2. The summed E-state index contributed by atoms with van der Waals surface area (Å²) in [5.41, 5.74) is 0.557. The lowest BCUT2D eigenvalue weighted by molar-refractivity contribution is 0.504. The molecular formula is C28H17F4I2N7. The lowest BCUT2D eigenvalue weighted by Crippen LogP contribution is -2.39. The molecule has 5 aromatic rings. The van der Waals surface area contributed by atoms with Gasteiger partial charge in [0.25, 0.3) is 0 Å². The molecule has 0 aliphatic carbocycles. The van der Waals surface area contributed by atoms with E-state index in [0.717, 1.165) is 25.3 Å². The molecule has 0 aliphatic heterocycles. The molecule has 0 spiro atoms. The van der Waals surface area contributed by atoms with Gasteiger partial charge in [-0.15, -0.1) is 10.2 Å². The van der Waals surface area contributed by atoms with Gasteiger partial charge >= 0.3 is 0 Å². The number of tetrazole rings is 1. The van der Waals surface area contributed by atoms with Crippen LogP contribution in [-0.4, -0.2) is 20.6 Å². The standard InChI is InChI=1S/C28H17F4I2N7/c1-14-11-17(33)4-9-22(14)40(26-16(13-35)3-7-20(29)24(26)31)41(23-10-5-18(34)12-15(23)2)27-19(28-36-38-39-37-28)6-8-21(30)25(27)32/h3-12H,1-2H3,(H,36,37,38,39). The first-order valence-electron chi connectivity index (χ1n) is 11.8. The zero-order valence-electron chi connectivity index (χ0n) is 21.2. The van der Waals surface area contributed by atoms with E-state index in [4.69, 9.17) is 0 Å². The van der Waals surface area contributed by atoms with Crippen molar-refractivity contribution in [3.05, 3.63) is 108 Å². The highest BCUT2D eigenvalue weighted by molar-refractivity contribution is 14.1. The number of halogens is 6. The largest absolute Gasteiger partial charge is 0.245 e. The van der Waals surface area contributed by atoms with Gasteiger partial charge in [-0.3, -0.25) is 0 Å². The number of aromatic nitrogens is 4. The van der Waals surface area contributed by atoms with E-state index < -0.39 is 34.6 Å². The molecule has 1 N–H and O–H groups in total. The van der Waals surface area contributed by atoms with Crippen molar-refractivity contribution < 1.29 is 17.6 Å². The van der Waals surface area contributed by atoms with Crippen LogP contribution in [0.2, 0.25) is 0 Å². The molecule has 0 bridgehead atoms. The summed E-state index contributed by atoms with van der Waals surface area (Å²) in [6.07, 6.45) is 0. The first-order valence-corrected chi connectivity index (χ1v) is 14.0. The number of nitrogens with one attached hydrogen (secondary N) is 1. The van der Waals surface area contributed by atoms with Crippen molar-refractivity contribution >= 4 is 67.9 Å². The van der Waals surface area contributed by atoms with Crippen molar-refractivity contribution in [2.45, 2.75) is 13.8 Å². The van der Waals surface area contributed by atoms with Gasteiger partial charge in [-0.2, -0.15) is 10.5 Å². The van der Waals surface area contributed by atoms with E-state index in [-0.39, 0.29) is 28.3 Å². The molecule has 1 aromatic heterocycles. The minimum atomic E-state index is -1.35. The number of aryl methyl sites for hydroxylation is 2. The Labute approximate surface area is 259 Å². The summed E-state index contributed by atoms with van der Waals surface area (Å²) < 4.78 is 63.7. The highest BCUT2D eigenvalue weighted by atomic mass is 127. The van der Waals surface area contributed by atoms with Gasteiger partial charge < -0.3 is 0 Å². The van der Waals surface area contributed by atoms with Crippen LogP contribution in [-0.2, 0) is 0 Å². The fourth-order valence-corrected chi connectivity index (χ4v) is 5.70. The molecule has 0 amide bonds. The first-order chi connectivity index (χ1) is 19.6. The van der Waals surface area contributed by atoms with Crippen LogP contribution in [0.4, 0.5) is 40.3 Å². The highest BCUT2D eigenvalue weighted by Gasteiger charge is 2.34. The van der Waals surface area contributed by atoms with E-state index in [1.807, 2.05) is 6.07 Å². The fraction of sp³-hybridized carbons (Fsp3) is 0.0714. The van der Waals surface area contributed by atoms with E-state index in [2.05, 4.69) is 65.8 Å². The Morgan fingerprint density at radius 2 is 1.29 bits per heavy atom. The number of hydrogen-bond donors (Lipinski definition) is 1. The summed E-state index contributed by atoms with van der Waals surface area (Å²) >= 11 is 4.21. The minimum absolute atomic E-state index is 0.000849. The lowest BCUT2D eigenvalue weighted by Gasteiger charge is -2.41. The van der Waals surface area contributed by atoms with E-state index in [9.17, 15) is 9.65 Å². The molecule has 0 unspecified atom stereocenters. The van der Waals surface area contributed by atoms with Crippen LogP contribution in [0.3, 0.4) is 0 Å². The Bertz CT molecular complexity index is 1820. The Balaban J connectivity index is 2.00. The molecule has 7 nitrogen and oxygen atoms in total. The van der Waals surface area contributed by atoms with Gasteiger partial charge in [0.1, 0.15) is 17.4 Å². The highest BCUT2D eigenvalue weighted by Crippen LogP contribution is 2.46. The molecule has 5 rings (SSSR count). The van der Waals surface area contributed by atoms with Crippen molar-refractivity contribution in [1.29, 1.82) is 5.26 Å². The average Bonchev–Trinajstić information content (AvgIpc) is 3.47. The van der Waals surface area contributed by atoms with Gasteiger partial charge in [0.2, 0.25) is 5.82 Å². The smallest absolute Gasteiger partial charge is 0.206 e. The van der Waals surface area contributed by atoms with E-state index in [0.29, 0.717) is 11.1 Å². The van der Waals surface area contributed by atoms with Gasteiger partial charge in [-0.1, -0.05) is 0 Å². The summed E-state index contributed by atoms with van der Waals surface area (Å²) in [6.45, 7) is 3.47. The van der Waals surface area contributed by atoms with Crippen molar-refractivity contribution in [1.82, 2.24) is 20.6 Å². The number of benzene rings is 4. The first kappa shape index (κ1) is 28.7.